The highest BCUT2D eigenvalue weighted by Crippen LogP contribution is 2.37. The molecule has 0 saturated heterocycles. The predicted octanol–water partition coefficient (Wildman–Crippen LogP) is 4.07. The molecule has 1 aliphatic carbocycles. The third-order valence-electron chi connectivity index (χ3n) is 4.62. The van der Waals surface area contributed by atoms with Crippen LogP contribution in [-0.2, 0) is 0 Å². The van der Waals surface area contributed by atoms with Crippen molar-refractivity contribution in [2.45, 2.75) is 18.9 Å². The van der Waals surface area contributed by atoms with E-state index in [9.17, 15) is 0 Å². The first-order valence-corrected chi connectivity index (χ1v) is 8.36. The van der Waals surface area contributed by atoms with Crippen LogP contribution in [0.2, 0.25) is 0 Å². The van der Waals surface area contributed by atoms with Crippen LogP contribution in [0.5, 0.6) is 5.88 Å². The van der Waals surface area contributed by atoms with E-state index in [1.54, 1.807) is 7.11 Å². The Bertz CT molecular complexity index is 1080. The van der Waals surface area contributed by atoms with E-state index in [-0.39, 0.29) is 0 Å². The molecule has 1 aliphatic rings. The summed E-state index contributed by atoms with van der Waals surface area (Å²) in [6.07, 6.45) is 4.44. The third-order valence-corrected chi connectivity index (χ3v) is 4.62. The van der Waals surface area contributed by atoms with Crippen LogP contribution in [0, 0.1) is 0 Å². The van der Waals surface area contributed by atoms with Gasteiger partial charge < -0.3 is 14.6 Å². The van der Waals surface area contributed by atoms with Gasteiger partial charge in [-0.15, -0.1) is 10.2 Å². The normalized spacial score (nSPS) is 14.1. The molecule has 0 radical (unpaired) electrons. The van der Waals surface area contributed by atoms with E-state index >= 15 is 0 Å². The molecule has 124 valence electrons. The smallest absolute Gasteiger partial charge is 0.241 e. The molecule has 25 heavy (non-hydrogen) atoms. The summed E-state index contributed by atoms with van der Waals surface area (Å²) in [4.78, 5) is 4.54. The van der Waals surface area contributed by atoms with Crippen LogP contribution in [0.4, 0.5) is 11.5 Å². The molecule has 1 saturated carbocycles. The lowest BCUT2D eigenvalue weighted by atomic mass is 10.2. The summed E-state index contributed by atoms with van der Waals surface area (Å²) in [6.45, 7) is 0. The van der Waals surface area contributed by atoms with Crippen LogP contribution in [0.25, 0.3) is 21.8 Å². The number of imidazole rings is 1. The van der Waals surface area contributed by atoms with Crippen LogP contribution in [0.15, 0.2) is 48.8 Å². The number of hydrogen-bond donors (Lipinski definition) is 1. The molecule has 2 heterocycles. The van der Waals surface area contributed by atoms with E-state index in [0.717, 1.165) is 22.0 Å². The summed E-state index contributed by atoms with van der Waals surface area (Å²) in [6, 6.07) is 14.8. The van der Waals surface area contributed by atoms with E-state index in [2.05, 4.69) is 43.3 Å². The summed E-state index contributed by atoms with van der Waals surface area (Å²) >= 11 is 0. The first kappa shape index (κ1) is 14.2. The molecule has 5 rings (SSSR count). The fourth-order valence-electron chi connectivity index (χ4n) is 3.21. The highest BCUT2D eigenvalue weighted by Gasteiger charge is 2.24. The Morgan fingerprint density at radius 2 is 1.92 bits per heavy atom. The van der Waals surface area contributed by atoms with Crippen molar-refractivity contribution < 1.29 is 4.74 Å². The molecule has 2 aromatic heterocycles. The molecule has 4 aromatic rings. The quantitative estimate of drug-likeness (QED) is 0.611. The van der Waals surface area contributed by atoms with Crippen molar-refractivity contribution in [2.75, 3.05) is 12.4 Å². The molecule has 1 fully saturated rings. The van der Waals surface area contributed by atoms with Gasteiger partial charge in [0.1, 0.15) is 0 Å². The van der Waals surface area contributed by atoms with Crippen molar-refractivity contribution >= 4 is 33.3 Å². The number of aromatic nitrogens is 4. The molecule has 1 N–H and O–H groups in total. The van der Waals surface area contributed by atoms with Crippen LogP contribution in [0.3, 0.4) is 0 Å². The fourth-order valence-corrected chi connectivity index (χ4v) is 3.21. The predicted molar refractivity (Wildman–Crippen MR) is 97.4 cm³/mol. The van der Waals surface area contributed by atoms with E-state index in [0.29, 0.717) is 17.7 Å². The van der Waals surface area contributed by atoms with Gasteiger partial charge in [-0.3, -0.25) is 0 Å². The van der Waals surface area contributed by atoms with Crippen molar-refractivity contribution in [2.24, 2.45) is 0 Å². The number of methoxy groups -OCH3 is 1. The summed E-state index contributed by atoms with van der Waals surface area (Å²) in [5.41, 5.74) is 3.11. The van der Waals surface area contributed by atoms with Crippen molar-refractivity contribution in [3.05, 3.63) is 48.8 Å². The fraction of sp³-hybridized carbons (Fsp3) is 0.211. The maximum atomic E-state index is 5.31. The monoisotopic (exact) mass is 331 g/mol. The average molecular weight is 331 g/mol. The van der Waals surface area contributed by atoms with Gasteiger partial charge in [-0.2, -0.15) is 0 Å². The van der Waals surface area contributed by atoms with Gasteiger partial charge in [0.2, 0.25) is 5.88 Å². The van der Waals surface area contributed by atoms with Gasteiger partial charge in [0.25, 0.3) is 0 Å². The van der Waals surface area contributed by atoms with Crippen molar-refractivity contribution in [3.8, 4) is 5.88 Å². The Labute approximate surface area is 144 Å². The number of nitrogens with one attached hydrogen (secondary N) is 1. The van der Waals surface area contributed by atoms with Crippen molar-refractivity contribution in [1.82, 2.24) is 19.7 Å². The highest BCUT2D eigenvalue weighted by atomic mass is 16.5. The van der Waals surface area contributed by atoms with Crippen molar-refractivity contribution in [3.63, 3.8) is 0 Å². The minimum absolute atomic E-state index is 0.528. The summed E-state index contributed by atoms with van der Waals surface area (Å²) in [5.74, 6) is 1.23. The number of ether oxygens (including phenoxy) is 1. The number of nitrogens with zero attached hydrogens (tertiary/aromatic N) is 4. The van der Waals surface area contributed by atoms with Crippen molar-refractivity contribution in [1.29, 1.82) is 0 Å². The summed E-state index contributed by atoms with van der Waals surface area (Å²) < 4.78 is 7.57. The molecule has 6 nitrogen and oxygen atoms in total. The number of hydrogen-bond acceptors (Lipinski definition) is 5. The molecular formula is C19H17N5O. The zero-order chi connectivity index (χ0) is 16.8. The Balaban J connectivity index is 1.55. The highest BCUT2D eigenvalue weighted by molar-refractivity contribution is 5.96. The topological polar surface area (TPSA) is 64.9 Å². The van der Waals surface area contributed by atoms with Crippen LogP contribution in [0.1, 0.15) is 18.9 Å². The molecular weight excluding hydrogens is 314 g/mol. The molecule has 0 amide bonds. The number of rotatable bonds is 4. The number of benzene rings is 2. The van der Waals surface area contributed by atoms with Crippen LogP contribution < -0.4 is 10.1 Å². The van der Waals surface area contributed by atoms with Gasteiger partial charge >= 0.3 is 0 Å². The lowest BCUT2D eigenvalue weighted by Crippen LogP contribution is -1.99. The lowest BCUT2D eigenvalue weighted by Gasteiger charge is -2.10. The van der Waals surface area contributed by atoms with E-state index in [4.69, 9.17) is 4.74 Å². The molecule has 6 heteroatoms. The summed E-state index contributed by atoms with van der Waals surface area (Å²) in [5, 5.41) is 13.7. The second-order valence-corrected chi connectivity index (χ2v) is 6.31. The lowest BCUT2D eigenvalue weighted by molar-refractivity contribution is 0.398. The van der Waals surface area contributed by atoms with Gasteiger partial charge in [-0.05, 0) is 37.1 Å². The number of fused-ring (bicyclic) bond motifs is 2. The standard InChI is InChI=1S/C19H17N5O/c1-25-19-15-5-3-2-4-14(15)18(22-23-19)21-12-6-9-17-16(10-12)20-11-24(17)13-7-8-13/h2-6,9-11,13H,7-8H2,1H3,(H,21,22). The minimum Gasteiger partial charge on any atom is -0.479 e. The van der Waals surface area contributed by atoms with E-state index in [1.807, 2.05) is 30.6 Å². The molecule has 0 spiro atoms. The first-order chi connectivity index (χ1) is 12.3. The molecule has 0 unspecified atom stereocenters. The van der Waals surface area contributed by atoms with Gasteiger partial charge in [-0.25, -0.2) is 4.98 Å². The second-order valence-electron chi connectivity index (χ2n) is 6.31. The van der Waals surface area contributed by atoms with Gasteiger partial charge in [0.05, 0.1) is 24.5 Å². The SMILES string of the molecule is COc1nnc(Nc2ccc3c(c2)ncn3C2CC2)c2ccccc12. The van der Waals surface area contributed by atoms with Crippen LogP contribution in [-0.4, -0.2) is 26.9 Å². The van der Waals surface area contributed by atoms with Crippen LogP contribution >= 0.6 is 0 Å². The molecule has 2 aromatic carbocycles. The van der Waals surface area contributed by atoms with Gasteiger partial charge in [0, 0.05) is 22.5 Å². The zero-order valence-electron chi connectivity index (χ0n) is 13.8. The summed E-state index contributed by atoms with van der Waals surface area (Å²) in [7, 11) is 1.60. The Hall–Kier alpha value is -3.15. The van der Waals surface area contributed by atoms with Gasteiger partial charge in [0.15, 0.2) is 5.82 Å². The largest absolute Gasteiger partial charge is 0.479 e. The Morgan fingerprint density at radius 3 is 2.72 bits per heavy atom. The molecule has 0 atom stereocenters. The Kier molecular flexibility index (Phi) is 3.09. The minimum atomic E-state index is 0.528. The second kappa shape index (κ2) is 5.44. The average Bonchev–Trinajstić information content (AvgIpc) is 3.41. The van der Waals surface area contributed by atoms with E-state index < -0.39 is 0 Å². The molecule has 0 aliphatic heterocycles. The maximum Gasteiger partial charge on any atom is 0.241 e. The third kappa shape index (κ3) is 2.38. The van der Waals surface area contributed by atoms with Gasteiger partial charge in [-0.1, -0.05) is 18.2 Å². The number of anilines is 2. The molecule has 0 bridgehead atoms. The van der Waals surface area contributed by atoms with E-state index in [1.165, 1.54) is 18.4 Å². The maximum absolute atomic E-state index is 5.31. The first-order valence-electron chi connectivity index (χ1n) is 8.36. The zero-order valence-corrected chi connectivity index (χ0v) is 13.8. The Morgan fingerprint density at radius 1 is 1.08 bits per heavy atom.